The molecular formula is C23H25N5O3. The molecule has 0 spiro atoms. The monoisotopic (exact) mass is 419 g/mol. The van der Waals surface area contributed by atoms with E-state index < -0.39 is 0 Å². The van der Waals surface area contributed by atoms with Crippen LogP contribution in [0.4, 0.5) is 11.6 Å². The van der Waals surface area contributed by atoms with Crippen molar-refractivity contribution in [3.8, 4) is 11.3 Å². The van der Waals surface area contributed by atoms with Crippen LogP contribution in [-0.4, -0.2) is 73.3 Å². The number of rotatable bonds is 4. The van der Waals surface area contributed by atoms with Crippen LogP contribution in [0.25, 0.3) is 11.3 Å². The van der Waals surface area contributed by atoms with Crippen molar-refractivity contribution in [2.45, 2.75) is 0 Å². The van der Waals surface area contributed by atoms with E-state index in [-0.39, 0.29) is 5.91 Å². The minimum Gasteiger partial charge on any atom is -0.459 e. The molecule has 2 saturated heterocycles. The van der Waals surface area contributed by atoms with Crippen LogP contribution in [0.1, 0.15) is 10.6 Å². The molecule has 2 aromatic heterocycles. The molecule has 31 heavy (non-hydrogen) atoms. The molecule has 5 rings (SSSR count). The second kappa shape index (κ2) is 8.77. The van der Waals surface area contributed by atoms with Gasteiger partial charge in [0.05, 0.1) is 25.2 Å². The van der Waals surface area contributed by atoms with Crippen LogP contribution in [0.15, 0.2) is 59.3 Å². The van der Waals surface area contributed by atoms with E-state index in [1.807, 2.05) is 11.0 Å². The number of carbonyl (C=O) groups is 1. The van der Waals surface area contributed by atoms with Crippen molar-refractivity contribution in [3.63, 3.8) is 0 Å². The lowest BCUT2D eigenvalue weighted by atomic mass is 10.1. The fourth-order valence-electron chi connectivity index (χ4n) is 3.99. The van der Waals surface area contributed by atoms with E-state index in [1.165, 1.54) is 12.0 Å². The molecule has 0 N–H and O–H groups in total. The minimum absolute atomic E-state index is 0.0697. The van der Waals surface area contributed by atoms with Crippen molar-refractivity contribution >= 4 is 17.5 Å². The van der Waals surface area contributed by atoms with Gasteiger partial charge >= 0.3 is 0 Å². The Balaban J connectivity index is 1.25. The summed E-state index contributed by atoms with van der Waals surface area (Å²) in [5, 5.41) is 0. The van der Waals surface area contributed by atoms with Crippen molar-refractivity contribution < 1.29 is 13.9 Å². The molecule has 1 aromatic carbocycles. The number of hydrogen-bond acceptors (Lipinski definition) is 7. The van der Waals surface area contributed by atoms with E-state index >= 15 is 0 Å². The maximum absolute atomic E-state index is 12.5. The highest BCUT2D eigenvalue weighted by molar-refractivity contribution is 5.91. The number of hydrogen-bond donors (Lipinski definition) is 0. The van der Waals surface area contributed by atoms with Gasteiger partial charge in [0, 0.05) is 56.7 Å². The molecule has 3 aromatic rings. The smallest absolute Gasteiger partial charge is 0.289 e. The number of nitrogens with zero attached hydrogens (tertiary/aromatic N) is 5. The van der Waals surface area contributed by atoms with Crippen molar-refractivity contribution in [2.75, 3.05) is 62.3 Å². The van der Waals surface area contributed by atoms with Gasteiger partial charge in [0.1, 0.15) is 0 Å². The van der Waals surface area contributed by atoms with E-state index in [2.05, 4.69) is 39.0 Å². The van der Waals surface area contributed by atoms with E-state index in [4.69, 9.17) is 14.1 Å². The first-order valence-electron chi connectivity index (χ1n) is 10.6. The second-order valence-electron chi connectivity index (χ2n) is 7.64. The molecule has 8 heteroatoms. The summed E-state index contributed by atoms with van der Waals surface area (Å²) in [6.45, 7) is 5.99. The summed E-state index contributed by atoms with van der Waals surface area (Å²) in [7, 11) is 0. The average molecular weight is 419 g/mol. The van der Waals surface area contributed by atoms with Crippen LogP contribution in [0.5, 0.6) is 0 Å². The van der Waals surface area contributed by atoms with Crippen LogP contribution < -0.4 is 9.80 Å². The molecule has 0 radical (unpaired) electrons. The molecule has 2 fully saturated rings. The Morgan fingerprint density at radius 3 is 2.35 bits per heavy atom. The van der Waals surface area contributed by atoms with Crippen LogP contribution in [0.3, 0.4) is 0 Å². The second-order valence-corrected chi connectivity index (χ2v) is 7.64. The Morgan fingerprint density at radius 2 is 1.65 bits per heavy atom. The number of anilines is 2. The molecule has 0 bridgehead atoms. The number of amides is 1. The standard InChI is InChI=1S/C23H25N5O3/c29-22(21-2-1-15-31-21)27-9-11-28(12-10-27)23-24-8-7-20(25-23)18-3-5-19(6-4-18)26-13-16-30-17-14-26/h1-8,15H,9-14,16-17H2. The lowest BCUT2D eigenvalue weighted by Crippen LogP contribution is -2.49. The highest BCUT2D eigenvalue weighted by Gasteiger charge is 2.25. The summed E-state index contributed by atoms with van der Waals surface area (Å²) in [5.74, 6) is 1.01. The van der Waals surface area contributed by atoms with Gasteiger partial charge in [0.15, 0.2) is 5.76 Å². The maximum atomic E-state index is 12.5. The number of furan rings is 1. The third-order valence-electron chi connectivity index (χ3n) is 5.76. The zero-order valence-corrected chi connectivity index (χ0v) is 17.3. The van der Waals surface area contributed by atoms with Gasteiger partial charge in [-0.2, -0.15) is 0 Å². The first-order valence-corrected chi connectivity index (χ1v) is 10.6. The first kappa shape index (κ1) is 19.6. The van der Waals surface area contributed by atoms with Crippen LogP contribution >= 0.6 is 0 Å². The Labute approximate surface area is 181 Å². The van der Waals surface area contributed by atoms with Gasteiger partial charge in [-0.1, -0.05) is 12.1 Å². The zero-order valence-electron chi connectivity index (χ0n) is 17.3. The fourth-order valence-corrected chi connectivity index (χ4v) is 3.99. The molecule has 0 atom stereocenters. The molecule has 8 nitrogen and oxygen atoms in total. The maximum Gasteiger partial charge on any atom is 0.289 e. The Kier molecular flexibility index (Phi) is 5.54. The average Bonchev–Trinajstić information content (AvgIpc) is 3.40. The Bertz CT molecular complexity index is 1010. The Morgan fingerprint density at radius 1 is 0.871 bits per heavy atom. The van der Waals surface area contributed by atoms with Gasteiger partial charge in [0.25, 0.3) is 5.91 Å². The van der Waals surface area contributed by atoms with E-state index in [9.17, 15) is 4.79 Å². The molecule has 4 heterocycles. The number of piperazine rings is 1. The lowest BCUT2D eigenvalue weighted by Gasteiger charge is -2.34. The number of carbonyl (C=O) groups excluding carboxylic acids is 1. The highest BCUT2D eigenvalue weighted by atomic mass is 16.5. The predicted molar refractivity (Wildman–Crippen MR) is 117 cm³/mol. The summed E-state index contributed by atoms with van der Waals surface area (Å²) < 4.78 is 10.7. The Hall–Kier alpha value is -3.39. The molecule has 160 valence electrons. The van der Waals surface area contributed by atoms with Gasteiger partial charge in [-0.25, -0.2) is 9.97 Å². The van der Waals surface area contributed by atoms with Crippen molar-refractivity contribution in [3.05, 3.63) is 60.7 Å². The van der Waals surface area contributed by atoms with Gasteiger partial charge in [-0.15, -0.1) is 0 Å². The largest absolute Gasteiger partial charge is 0.459 e. The van der Waals surface area contributed by atoms with E-state index in [0.29, 0.717) is 37.9 Å². The fraction of sp³-hybridized carbons (Fsp3) is 0.348. The topological polar surface area (TPSA) is 74.9 Å². The van der Waals surface area contributed by atoms with Crippen molar-refractivity contribution in [1.29, 1.82) is 0 Å². The minimum atomic E-state index is -0.0697. The molecule has 0 saturated carbocycles. The zero-order chi connectivity index (χ0) is 21.0. The summed E-state index contributed by atoms with van der Waals surface area (Å²) >= 11 is 0. The highest BCUT2D eigenvalue weighted by Crippen LogP contribution is 2.24. The van der Waals surface area contributed by atoms with Gasteiger partial charge < -0.3 is 23.9 Å². The van der Waals surface area contributed by atoms with Gasteiger partial charge in [0.2, 0.25) is 5.95 Å². The number of ether oxygens (including phenoxy) is 1. The summed E-state index contributed by atoms with van der Waals surface area (Å²) in [4.78, 5) is 28.0. The molecular weight excluding hydrogens is 394 g/mol. The summed E-state index contributed by atoms with van der Waals surface area (Å²) in [6.07, 6.45) is 3.32. The van der Waals surface area contributed by atoms with E-state index in [0.717, 1.165) is 37.6 Å². The molecule has 0 aliphatic carbocycles. The first-order chi connectivity index (χ1) is 15.3. The van der Waals surface area contributed by atoms with Crippen LogP contribution in [0.2, 0.25) is 0 Å². The van der Waals surface area contributed by atoms with Crippen molar-refractivity contribution in [1.82, 2.24) is 14.9 Å². The SMILES string of the molecule is O=C(c1ccco1)N1CCN(c2nccc(-c3ccc(N4CCOCC4)cc3)n2)CC1. The van der Waals surface area contributed by atoms with Crippen LogP contribution in [0, 0.1) is 0 Å². The third kappa shape index (κ3) is 4.25. The molecule has 2 aliphatic rings. The van der Waals surface area contributed by atoms with Crippen LogP contribution in [-0.2, 0) is 4.74 Å². The quantitative estimate of drug-likeness (QED) is 0.643. The predicted octanol–water partition coefficient (Wildman–Crippen LogP) is 2.54. The number of morpholine rings is 1. The number of benzene rings is 1. The summed E-state index contributed by atoms with van der Waals surface area (Å²) in [6, 6.07) is 13.9. The lowest BCUT2D eigenvalue weighted by molar-refractivity contribution is 0.0714. The van der Waals surface area contributed by atoms with Gasteiger partial charge in [-0.05, 0) is 30.3 Å². The normalized spacial score (nSPS) is 17.1. The molecule has 2 aliphatic heterocycles. The van der Waals surface area contributed by atoms with Crippen molar-refractivity contribution in [2.24, 2.45) is 0 Å². The molecule has 1 amide bonds. The molecule has 0 unspecified atom stereocenters. The van der Waals surface area contributed by atoms with E-state index in [1.54, 1.807) is 18.3 Å². The van der Waals surface area contributed by atoms with Gasteiger partial charge in [-0.3, -0.25) is 4.79 Å². The number of aromatic nitrogens is 2. The third-order valence-corrected chi connectivity index (χ3v) is 5.76. The summed E-state index contributed by atoms with van der Waals surface area (Å²) in [5.41, 5.74) is 3.17.